The van der Waals surface area contributed by atoms with Gasteiger partial charge in [-0.05, 0) is 25.0 Å². The van der Waals surface area contributed by atoms with E-state index in [9.17, 15) is 14.4 Å². The molecule has 2 aromatic rings. The summed E-state index contributed by atoms with van der Waals surface area (Å²) in [5, 5.41) is 7.58. The Kier molecular flexibility index (Phi) is 6.04. The number of aromatic amines is 1. The maximum Gasteiger partial charge on any atom is 0.263 e. The van der Waals surface area contributed by atoms with E-state index in [4.69, 9.17) is 0 Å². The van der Waals surface area contributed by atoms with Crippen molar-refractivity contribution in [1.29, 1.82) is 0 Å². The van der Waals surface area contributed by atoms with Crippen molar-refractivity contribution in [2.75, 3.05) is 11.9 Å². The minimum atomic E-state index is -0.506. The Morgan fingerprint density at radius 3 is 2.96 bits per heavy atom. The molecular weight excluding hydrogens is 316 g/mol. The van der Waals surface area contributed by atoms with Crippen molar-refractivity contribution >= 4 is 28.3 Å². The molecular formula is C15H18N4O3S. The fourth-order valence-electron chi connectivity index (χ4n) is 1.84. The van der Waals surface area contributed by atoms with Crippen molar-refractivity contribution in [3.8, 4) is 0 Å². The molecule has 2 amide bonds. The monoisotopic (exact) mass is 334 g/mol. The molecule has 2 aromatic heterocycles. The van der Waals surface area contributed by atoms with Crippen LogP contribution in [0, 0.1) is 0 Å². The average Bonchev–Trinajstić information content (AvgIpc) is 2.98. The molecule has 0 fully saturated rings. The summed E-state index contributed by atoms with van der Waals surface area (Å²) >= 11 is 1.26. The van der Waals surface area contributed by atoms with Crippen LogP contribution >= 0.6 is 11.3 Å². The quantitative estimate of drug-likeness (QED) is 0.714. The second kappa shape index (κ2) is 8.23. The average molecular weight is 334 g/mol. The van der Waals surface area contributed by atoms with E-state index in [0.29, 0.717) is 24.5 Å². The lowest BCUT2D eigenvalue weighted by Crippen LogP contribution is -2.24. The predicted octanol–water partition coefficient (Wildman–Crippen LogP) is 1.54. The first-order valence-electron chi connectivity index (χ1n) is 7.30. The van der Waals surface area contributed by atoms with Crippen molar-refractivity contribution < 1.29 is 9.59 Å². The summed E-state index contributed by atoms with van der Waals surface area (Å²) in [7, 11) is 0. The summed E-state index contributed by atoms with van der Waals surface area (Å²) in [5.41, 5.74) is 0.316. The van der Waals surface area contributed by atoms with Gasteiger partial charge in [0.1, 0.15) is 5.56 Å². The molecule has 2 heterocycles. The smallest absolute Gasteiger partial charge is 0.263 e. The molecule has 8 heteroatoms. The lowest BCUT2D eigenvalue weighted by atomic mass is 10.2. The SMILES string of the molecule is CCCNC(=O)CCc1csc(NC(=O)c2ccc[nH]c2=O)n1. The van der Waals surface area contributed by atoms with E-state index in [1.165, 1.54) is 23.6 Å². The van der Waals surface area contributed by atoms with Gasteiger partial charge in [-0.25, -0.2) is 4.98 Å². The Bertz CT molecular complexity index is 738. The number of anilines is 1. The number of amides is 2. The van der Waals surface area contributed by atoms with Crippen molar-refractivity contribution in [3.63, 3.8) is 0 Å². The van der Waals surface area contributed by atoms with Crippen LogP contribution in [0.2, 0.25) is 0 Å². The van der Waals surface area contributed by atoms with E-state index in [1.54, 1.807) is 11.4 Å². The van der Waals surface area contributed by atoms with Gasteiger partial charge in [0.2, 0.25) is 5.91 Å². The van der Waals surface area contributed by atoms with Gasteiger partial charge in [-0.1, -0.05) is 6.92 Å². The van der Waals surface area contributed by atoms with Gasteiger partial charge in [0.25, 0.3) is 11.5 Å². The molecule has 0 saturated heterocycles. The topological polar surface area (TPSA) is 104 Å². The molecule has 23 heavy (non-hydrogen) atoms. The van der Waals surface area contributed by atoms with E-state index >= 15 is 0 Å². The Hall–Kier alpha value is -2.48. The molecule has 0 aliphatic carbocycles. The van der Waals surface area contributed by atoms with E-state index in [0.717, 1.165) is 12.1 Å². The van der Waals surface area contributed by atoms with Crippen molar-refractivity contribution in [3.05, 3.63) is 45.3 Å². The van der Waals surface area contributed by atoms with Crippen LogP contribution in [0.1, 0.15) is 35.8 Å². The molecule has 2 rings (SSSR count). The molecule has 0 bridgehead atoms. The fourth-order valence-corrected chi connectivity index (χ4v) is 2.58. The molecule has 0 radical (unpaired) electrons. The van der Waals surface area contributed by atoms with Crippen LogP contribution in [-0.2, 0) is 11.2 Å². The normalized spacial score (nSPS) is 10.3. The first-order valence-corrected chi connectivity index (χ1v) is 8.18. The van der Waals surface area contributed by atoms with Gasteiger partial charge in [-0.2, -0.15) is 0 Å². The maximum atomic E-state index is 12.0. The Morgan fingerprint density at radius 2 is 2.22 bits per heavy atom. The highest BCUT2D eigenvalue weighted by Crippen LogP contribution is 2.17. The zero-order valence-electron chi connectivity index (χ0n) is 12.7. The van der Waals surface area contributed by atoms with Crippen LogP contribution < -0.4 is 16.2 Å². The van der Waals surface area contributed by atoms with Crippen LogP contribution in [0.25, 0.3) is 0 Å². The molecule has 122 valence electrons. The zero-order chi connectivity index (χ0) is 16.7. The number of H-pyrrole nitrogens is 1. The molecule has 0 aliphatic heterocycles. The molecule has 7 nitrogen and oxygen atoms in total. The van der Waals surface area contributed by atoms with E-state index in [2.05, 4.69) is 20.6 Å². The third-order valence-corrected chi connectivity index (χ3v) is 3.82. The minimum absolute atomic E-state index is 0.0127. The maximum absolute atomic E-state index is 12.0. The van der Waals surface area contributed by atoms with Gasteiger partial charge in [-0.15, -0.1) is 11.3 Å². The number of hydrogen-bond donors (Lipinski definition) is 3. The highest BCUT2D eigenvalue weighted by atomic mass is 32.1. The number of rotatable bonds is 7. The first kappa shape index (κ1) is 16.9. The second-order valence-corrected chi connectivity index (χ2v) is 5.72. The largest absolute Gasteiger partial charge is 0.356 e. The van der Waals surface area contributed by atoms with Crippen LogP contribution in [0.5, 0.6) is 0 Å². The number of nitrogens with zero attached hydrogens (tertiary/aromatic N) is 1. The molecule has 0 aliphatic rings. The summed E-state index contributed by atoms with van der Waals surface area (Å²) < 4.78 is 0. The number of hydrogen-bond acceptors (Lipinski definition) is 5. The number of carbonyl (C=O) groups excluding carboxylic acids is 2. The molecule has 0 atom stereocenters. The summed E-state index contributed by atoms with van der Waals surface area (Å²) in [6.45, 7) is 2.66. The van der Waals surface area contributed by atoms with Crippen LogP contribution in [0.15, 0.2) is 28.5 Å². The van der Waals surface area contributed by atoms with E-state index in [-0.39, 0.29) is 11.5 Å². The lowest BCUT2D eigenvalue weighted by Gasteiger charge is -2.02. The zero-order valence-corrected chi connectivity index (χ0v) is 13.5. The third-order valence-electron chi connectivity index (χ3n) is 3.02. The van der Waals surface area contributed by atoms with Crippen LogP contribution in [0.3, 0.4) is 0 Å². The van der Waals surface area contributed by atoms with E-state index in [1.807, 2.05) is 6.92 Å². The highest BCUT2D eigenvalue weighted by molar-refractivity contribution is 7.13. The fraction of sp³-hybridized carbons (Fsp3) is 0.333. The molecule has 0 spiro atoms. The Labute approximate surface area is 137 Å². The van der Waals surface area contributed by atoms with E-state index < -0.39 is 11.5 Å². The van der Waals surface area contributed by atoms with Gasteiger partial charge in [-0.3, -0.25) is 19.7 Å². The third kappa shape index (κ3) is 5.03. The summed E-state index contributed by atoms with van der Waals surface area (Å²) in [5.74, 6) is -0.519. The highest BCUT2D eigenvalue weighted by Gasteiger charge is 2.12. The number of aromatic nitrogens is 2. The first-order chi connectivity index (χ1) is 11.1. The summed E-state index contributed by atoms with van der Waals surface area (Å²) in [6.07, 6.45) is 3.23. The van der Waals surface area contributed by atoms with Gasteiger partial charge in [0.05, 0.1) is 5.69 Å². The molecule has 3 N–H and O–H groups in total. The molecule has 0 aromatic carbocycles. The summed E-state index contributed by atoms with van der Waals surface area (Å²) in [6, 6.07) is 3.03. The van der Waals surface area contributed by atoms with Crippen molar-refractivity contribution in [2.45, 2.75) is 26.2 Å². The number of aryl methyl sites for hydroxylation is 1. The number of nitrogens with one attached hydrogen (secondary N) is 3. The second-order valence-electron chi connectivity index (χ2n) is 4.86. The van der Waals surface area contributed by atoms with Crippen molar-refractivity contribution in [1.82, 2.24) is 15.3 Å². The number of carbonyl (C=O) groups is 2. The van der Waals surface area contributed by atoms with Gasteiger partial charge >= 0.3 is 0 Å². The number of pyridine rings is 1. The standard InChI is InChI=1S/C15H18N4O3S/c1-2-7-16-12(20)6-5-10-9-23-15(18-10)19-14(22)11-4-3-8-17-13(11)21/h3-4,8-9H,2,5-7H2,1H3,(H,16,20)(H,17,21)(H,18,19,22). The lowest BCUT2D eigenvalue weighted by molar-refractivity contribution is -0.121. The Balaban J connectivity index is 1.90. The van der Waals surface area contributed by atoms with Gasteiger partial charge in [0, 0.05) is 24.5 Å². The van der Waals surface area contributed by atoms with Gasteiger partial charge < -0.3 is 10.3 Å². The minimum Gasteiger partial charge on any atom is -0.356 e. The van der Waals surface area contributed by atoms with Crippen LogP contribution in [0.4, 0.5) is 5.13 Å². The van der Waals surface area contributed by atoms with Crippen molar-refractivity contribution in [2.24, 2.45) is 0 Å². The molecule has 0 unspecified atom stereocenters. The number of thiazole rings is 1. The summed E-state index contributed by atoms with van der Waals surface area (Å²) in [4.78, 5) is 41.8. The predicted molar refractivity (Wildman–Crippen MR) is 88.8 cm³/mol. The molecule has 0 saturated carbocycles. The van der Waals surface area contributed by atoms with Crippen LogP contribution in [-0.4, -0.2) is 28.3 Å². The Morgan fingerprint density at radius 1 is 1.39 bits per heavy atom. The van der Waals surface area contributed by atoms with Gasteiger partial charge in [0.15, 0.2) is 5.13 Å².